The van der Waals surface area contributed by atoms with Crippen LogP contribution >= 0.6 is 0 Å². The van der Waals surface area contributed by atoms with Gasteiger partial charge in [-0.25, -0.2) is 14.4 Å². The zero-order valence-corrected chi connectivity index (χ0v) is 14.0. The second kappa shape index (κ2) is 8.25. The Balaban J connectivity index is 1.57. The van der Waals surface area contributed by atoms with Gasteiger partial charge in [0.1, 0.15) is 12.2 Å². The number of carbonyl (C=O) groups excluding carboxylic acids is 1. The molecule has 1 aliphatic heterocycles. The van der Waals surface area contributed by atoms with Gasteiger partial charge in [0, 0.05) is 18.9 Å². The molecule has 0 aliphatic carbocycles. The summed E-state index contributed by atoms with van der Waals surface area (Å²) in [5, 5.41) is 9.04. The predicted octanol–water partition coefficient (Wildman–Crippen LogP) is 1.94. The average molecular weight is 356 g/mol. The Morgan fingerprint density at radius 3 is 2.96 bits per heavy atom. The van der Waals surface area contributed by atoms with Gasteiger partial charge in [0.2, 0.25) is 5.69 Å². The van der Waals surface area contributed by atoms with Gasteiger partial charge in [-0.3, -0.25) is 4.79 Å². The molecule has 0 radical (unpaired) electrons. The third-order valence-electron chi connectivity index (χ3n) is 3.97. The van der Waals surface area contributed by atoms with E-state index in [0.29, 0.717) is 13.1 Å². The number of likely N-dealkylation sites (tertiary alicyclic amines) is 1. The molecule has 1 aromatic heterocycles. The molecule has 2 aromatic rings. The molecule has 8 heteroatoms. The van der Waals surface area contributed by atoms with E-state index in [0.717, 1.165) is 12.8 Å². The topological polar surface area (TPSA) is 88.3 Å². The van der Waals surface area contributed by atoms with E-state index in [1.165, 1.54) is 24.5 Å². The minimum absolute atomic E-state index is 0.0453. The predicted molar refractivity (Wildman–Crippen MR) is 88.9 cm³/mol. The van der Waals surface area contributed by atoms with Crippen molar-refractivity contribution in [3.05, 3.63) is 48.2 Å². The number of hydrogen-bond acceptors (Lipinski definition) is 6. The minimum Gasteiger partial charge on any atom is -0.481 e. The van der Waals surface area contributed by atoms with Crippen LogP contribution in [0.2, 0.25) is 0 Å². The van der Waals surface area contributed by atoms with E-state index in [1.54, 1.807) is 17.0 Å². The molecule has 0 bridgehead atoms. The van der Waals surface area contributed by atoms with Crippen molar-refractivity contribution < 1.29 is 18.7 Å². The highest BCUT2D eigenvalue weighted by molar-refractivity contribution is 5.77. The molecule has 1 amide bonds. The number of halogens is 1. The Kier molecular flexibility index (Phi) is 5.59. The molecule has 2 heterocycles. The molecule has 0 N–H and O–H groups in total. The van der Waals surface area contributed by atoms with Crippen molar-refractivity contribution in [2.75, 3.05) is 19.7 Å². The fraction of sp³-hybridized carbons (Fsp3) is 0.333. The maximum absolute atomic E-state index is 13.5. The highest BCUT2D eigenvalue weighted by Gasteiger charge is 2.26. The Morgan fingerprint density at radius 1 is 1.35 bits per heavy atom. The number of piperidine rings is 1. The zero-order valence-electron chi connectivity index (χ0n) is 14.0. The lowest BCUT2D eigenvalue weighted by Crippen LogP contribution is -2.46. The van der Waals surface area contributed by atoms with E-state index in [4.69, 9.17) is 14.7 Å². The molecule has 7 nitrogen and oxygen atoms in total. The van der Waals surface area contributed by atoms with Crippen LogP contribution in [0.5, 0.6) is 11.6 Å². The number of ether oxygens (including phenoxy) is 2. The third-order valence-corrected chi connectivity index (χ3v) is 3.97. The van der Waals surface area contributed by atoms with E-state index < -0.39 is 5.82 Å². The van der Waals surface area contributed by atoms with Crippen molar-refractivity contribution in [3.8, 4) is 17.7 Å². The molecule has 26 heavy (non-hydrogen) atoms. The molecule has 1 atom stereocenters. The summed E-state index contributed by atoms with van der Waals surface area (Å²) in [5.41, 5.74) is 0.110. The Hall–Kier alpha value is -3.21. The zero-order chi connectivity index (χ0) is 18.4. The van der Waals surface area contributed by atoms with Crippen molar-refractivity contribution in [2.45, 2.75) is 18.9 Å². The molecule has 3 rings (SSSR count). The van der Waals surface area contributed by atoms with E-state index >= 15 is 0 Å². The SMILES string of the molecule is N#Cc1nccnc1O[C@H]1CCCN(C(=O)COc2ccccc2F)C1. The number of hydrogen-bond donors (Lipinski definition) is 0. The Bertz CT molecular complexity index is 824. The second-order valence-electron chi connectivity index (χ2n) is 5.76. The summed E-state index contributed by atoms with van der Waals surface area (Å²) < 4.78 is 24.6. The first-order valence-corrected chi connectivity index (χ1v) is 8.20. The number of para-hydroxylation sites is 1. The van der Waals surface area contributed by atoms with Crippen LogP contribution in [-0.4, -0.2) is 46.6 Å². The second-order valence-corrected chi connectivity index (χ2v) is 5.76. The van der Waals surface area contributed by atoms with Gasteiger partial charge in [-0.15, -0.1) is 0 Å². The van der Waals surface area contributed by atoms with Crippen LogP contribution in [0, 0.1) is 17.1 Å². The molecular formula is C18H17FN4O3. The molecule has 1 aliphatic rings. The summed E-state index contributed by atoms with van der Waals surface area (Å²) in [6.07, 6.45) is 4.06. The summed E-state index contributed by atoms with van der Waals surface area (Å²) >= 11 is 0. The first-order chi connectivity index (χ1) is 12.7. The quantitative estimate of drug-likeness (QED) is 0.813. The van der Waals surface area contributed by atoms with Crippen molar-refractivity contribution in [2.24, 2.45) is 0 Å². The van der Waals surface area contributed by atoms with Gasteiger partial charge >= 0.3 is 0 Å². The number of benzene rings is 1. The Labute approximate surface area is 150 Å². The Morgan fingerprint density at radius 2 is 2.15 bits per heavy atom. The molecule has 1 fully saturated rings. The summed E-state index contributed by atoms with van der Waals surface area (Å²) in [5.74, 6) is -0.547. The average Bonchev–Trinajstić information content (AvgIpc) is 2.68. The van der Waals surface area contributed by atoms with Crippen molar-refractivity contribution in [3.63, 3.8) is 0 Å². The van der Waals surface area contributed by atoms with Gasteiger partial charge in [-0.05, 0) is 25.0 Å². The number of aromatic nitrogens is 2. The highest BCUT2D eigenvalue weighted by Crippen LogP contribution is 2.19. The summed E-state index contributed by atoms with van der Waals surface area (Å²) in [6.45, 7) is 0.675. The molecule has 0 spiro atoms. The monoisotopic (exact) mass is 356 g/mol. The summed E-state index contributed by atoms with van der Waals surface area (Å²) in [6, 6.07) is 7.87. The lowest BCUT2D eigenvalue weighted by atomic mass is 10.1. The van der Waals surface area contributed by atoms with Crippen LogP contribution in [0.25, 0.3) is 0 Å². The first-order valence-electron chi connectivity index (χ1n) is 8.20. The van der Waals surface area contributed by atoms with Crippen molar-refractivity contribution in [1.82, 2.24) is 14.9 Å². The smallest absolute Gasteiger partial charge is 0.260 e. The highest BCUT2D eigenvalue weighted by atomic mass is 19.1. The third kappa shape index (κ3) is 4.25. The van der Waals surface area contributed by atoms with Crippen LogP contribution in [-0.2, 0) is 4.79 Å². The van der Waals surface area contributed by atoms with Crippen molar-refractivity contribution >= 4 is 5.91 Å². The molecule has 0 saturated carbocycles. The standard InChI is InChI=1S/C18H17FN4O3/c19-14-5-1-2-6-16(14)25-12-17(24)23-9-3-4-13(11-23)26-18-15(10-20)21-7-8-22-18/h1-2,5-8,13H,3-4,9,11-12H2/t13-/m0/s1. The van der Waals surface area contributed by atoms with Gasteiger partial charge in [-0.1, -0.05) is 12.1 Å². The number of amides is 1. The minimum atomic E-state index is -0.508. The lowest BCUT2D eigenvalue weighted by Gasteiger charge is -2.32. The van der Waals surface area contributed by atoms with Gasteiger partial charge in [0.25, 0.3) is 11.8 Å². The molecular weight excluding hydrogens is 339 g/mol. The maximum atomic E-state index is 13.5. The van der Waals surface area contributed by atoms with Gasteiger partial charge < -0.3 is 14.4 Å². The van der Waals surface area contributed by atoms with Gasteiger partial charge in [0.15, 0.2) is 18.2 Å². The van der Waals surface area contributed by atoms with E-state index in [-0.39, 0.29) is 35.9 Å². The van der Waals surface area contributed by atoms with Crippen LogP contribution in [0.15, 0.2) is 36.7 Å². The molecule has 0 unspecified atom stereocenters. The van der Waals surface area contributed by atoms with Gasteiger partial charge in [-0.2, -0.15) is 5.26 Å². The number of nitriles is 1. The summed E-state index contributed by atoms with van der Waals surface area (Å²) in [4.78, 5) is 21.9. The van der Waals surface area contributed by atoms with Crippen LogP contribution in [0.1, 0.15) is 18.5 Å². The van der Waals surface area contributed by atoms with E-state index in [2.05, 4.69) is 9.97 Å². The molecule has 1 aromatic carbocycles. The fourth-order valence-electron chi connectivity index (χ4n) is 2.70. The number of rotatable bonds is 5. The number of nitrogens with zero attached hydrogens (tertiary/aromatic N) is 4. The van der Waals surface area contributed by atoms with Crippen LogP contribution in [0.3, 0.4) is 0 Å². The van der Waals surface area contributed by atoms with Gasteiger partial charge in [0.05, 0.1) is 6.54 Å². The van der Waals surface area contributed by atoms with E-state index in [9.17, 15) is 9.18 Å². The van der Waals surface area contributed by atoms with Crippen LogP contribution in [0.4, 0.5) is 4.39 Å². The lowest BCUT2D eigenvalue weighted by molar-refractivity contribution is -0.136. The number of carbonyl (C=O) groups is 1. The molecule has 134 valence electrons. The largest absolute Gasteiger partial charge is 0.481 e. The maximum Gasteiger partial charge on any atom is 0.260 e. The summed E-state index contributed by atoms with van der Waals surface area (Å²) in [7, 11) is 0. The van der Waals surface area contributed by atoms with Crippen molar-refractivity contribution in [1.29, 1.82) is 5.26 Å². The first kappa shape index (κ1) is 17.6. The fourth-order valence-corrected chi connectivity index (χ4v) is 2.70. The van der Waals surface area contributed by atoms with E-state index in [1.807, 2.05) is 6.07 Å². The molecule has 1 saturated heterocycles. The van der Waals surface area contributed by atoms with Crippen LogP contribution < -0.4 is 9.47 Å². The normalized spacial score (nSPS) is 16.6.